The van der Waals surface area contributed by atoms with Crippen LogP contribution in [0.2, 0.25) is 0 Å². The lowest BCUT2D eigenvalue weighted by molar-refractivity contribution is -0.131. The first kappa shape index (κ1) is 19.2. The van der Waals surface area contributed by atoms with E-state index >= 15 is 0 Å². The molecule has 0 aliphatic carbocycles. The molecule has 2 amide bonds. The van der Waals surface area contributed by atoms with Crippen LogP contribution >= 0.6 is 11.8 Å². The summed E-state index contributed by atoms with van der Waals surface area (Å²) in [5.74, 6) is -4.57. The number of nitrogens with two attached hydrogens (primary N) is 1. The number of phenolic OH excluding ortho intramolecular Hbond substituents is 1. The molecule has 1 saturated heterocycles. The smallest absolute Gasteiger partial charge is 0.342 e. The Morgan fingerprint density at radius 2 is 1.77 bits per heavy atom. The number of nitrogens with zero attached hydrogens (tertiary/aromatic N) is 1. The first-order valence-corrected chi connectivity index (χ1v) is 10.1. The van der Waals surface area contributed by atoms with Crippen LogP contribution in [0.15, 0.2) is 53.1 Å². The van der Waals surface area contributed by atoms with Crippen molar-refractivity contribution in [2.24, 2.45) is 11.7 Å². The number of anilines is 1. The predicted octanol–water partition coefficient (Wildman–Crippen LogP) is 1.57. The number of hydrogen-bond acceptors (Lipinski definition) is 8. The molecule has 3 aliphatic rings. The van der Waals surface area contributed by atoms with Crippen molar-refractivity contribution in [3.05, 3.63) is 64.2 Å². The van der Waals surface area contributed by atoms with E-state index in [1.807, 2.05) is 0 Å². The summed E-state index contributed by atoms with van der Waals surface area (Å²) in [6.07, 6.45) is 0. The van der Waals surface area contributed by atoms with Gasteiger partial charge in [0, 0.05) is 17.5 Å². The van der Waals surface area contributed by atoms with Crippen LogP contribution in [0.4, 0.5) is 5.69 Å². The molecule has 0 spiro atoms. The zero-order valence-corrected chi connectivity index (χ0v) is 16.5. The standard InChI is InChI=1S/C21H14N2O7S/c22-17-15-13(11-6-5-10(24)7-12(11)30-21(15)29)14-16(31-17)19(26)23(18(14)25)9-3-1-8(2-4-9)20(27)28/h1-7,13-14,16,24H,22H2,(H,27,28)/t13-,14-,16+/m1/s1. The second-order valence-electron chi connectivity index (χ2n) is 7.30. The van der Waals surface area contributed by atoms with E-state index in [0.29, 0.717) is 5.56 Å². The molecule has 4 N–H and O–H groups in total. The van der Waals surface area contributed by atoms with Crippen molar-refractivity contribution in [3.8, 4) is 11.5 Å². The molecule has 0 saturated carbocycles. The number of aromatic carboxylic acids is 1. The lowest BCUT2D eigenvalue weighted by atomic mass is 9.77. The van der Waals surface area contributed by atoms with E-state index in [4.69, 9.17) is 15.6 Å². The number of esters is 1. The third-order valence-corrected chi connectivity index (χ3v) is 6.83. The molecule has 5 rings (SSSR count). The van der Waals surface area contributed by atoms with Gasteiger partial charge in [-0.2, -0.15) is 0 Å². The van der Waals surface area contributed by atoms with E-state index < -0.39 is 40.8 Å². The van der Waals surface area contributed by atoms with Crippen molar-refractivity contribution in [1.82, 2.24) is 0 Å². The Kier molecular flexibility index (Phi) is 4.09. The quantitative estimate of drug-likeness (QED) is 0.361. The molecule has 3 aliphatic heterocycles. The van der Waals surface area contributed by atoms with Crippen molar-refractivity contribution in [2.75, 3.05) is 4.90 Å². The van der Waals surface area contributed by atoms with Crippen LogP contribution in [0.5, 0.6) is 11.5 Å². The van der Waals surface area contributed by atoms with Crippen LogP contribution in [0.1, 0.15) is 21.8 Å². The number of carbonyl (C=O) groups is 4. The Labute approximate surface area is 179 Å². The van der Waals surface area contributed by atoms with Crippen LogP contribution in [0, 0.1) is 5.92 Å². The number of thioether (sulfide) groups is 1. The fraction of sp³-hybridized carbons (Fsp3) is 0.143. The van der Waals surface area contributed by atoms with Crippen LogP contribution in [-0.4, -0.2) is 39.2 Å². The van der Waals surface area contributed by atoms with E-state index in [1.165, 1.54) is 36.4 Å². The van der Waals surface area contributed by atoms with Crippen molar-refractivity contribution in [1.29, 1.82) is 0 Å². The summed E-state index contributed by atoms with van der Waals surface area (Å²) in [6, 6.07) is 9.62. The summed E-state index contributed by atoms with van der Waals surface area (Å²) in [5.41, 5.74) is 6.97. The van der Waals surface area contributed by atoms with Crippen LogP contribution in [-0.2, 0) is 14.4 Å². The van der Waals surface area contributed by atoms with Gasteiger partial charge < -0.3 is 20.7 Å². The second kappa shape index (κ2) is 6.61. The number of phenols is 1. The Bertz CT molecular complexity index is 1220. The maximum atomic E-state index is 13.4. The molecule has 31 heavy (non-hydrogen) atoms. The highest BCUT2D eigenvalue weighted by Crippen LogP contribution is 2.54. The Hall–Kier alpha value is -3.79. The summed E-state index contributed by atoms with van der Waals surface area (Å²) in [7, 11) is 0. The first-order valence-electron chi connectivity index (χ1n) is 9.20. The molecule has 2 aromatic carbocycles. The third kappa shape index (κ3) is 2.72. The first-order chi connectivity index (χ1) is 14.8. The molecular formula is C21H14N2O7S. The lowest BCUT2D eigenvalue weighted by Gasteiger charge is -2.36. The van der Waals surface area contributed by atoms with Crippen molar-refractivity contribution in [3.63, 3.8) is 0 Å². The number of hydrogen-bond donors (Lipinski definition) is 3. The van der Waals surface area contributed by atoms with Gasteiger partial charge in [-0.05, 0) is 30.3 Å². The molecule has 2 aromatic rings. The topological polar surface area (TPSA) is 147 Å². The van der Waals surface area contributed by atoms with Gasteiger partial charge in [0.15, 0.2) is 0 Å². The maximum absolute atomic E-state index is 13.4. The zero-order chi connectivity index (χ0) is 22.0. The number of carboxylic acid groups (broad SMARTS) is 1. The number of aromatic hydroxyl groups is 1. The van der Waals surface area contributed by atoms with Gasteiger partial charge in [-0.25, -0.2) is 14.5 Å². The highest BCUT2D eigenvalue weighted by Gasteiger charge is 2.58. The number of amides is 2. The monoisotopic (exact) mass is 438 g/mol. The summed E-state index contributed by atoms with van der Waals surface area (Å²) >= 11 is 0.944. The molecule has 0 bridgehead atoms. The van der Waals surface area contributed by atoms with E-state index in [-0.39, 0.29) is 33.4 Å². The number of carbonyl (C=O) groups excluding carboxylic acids is 3. The Morgan fingerprint density at radius 3 is 2.45 bits per heavy atom. The number of carboxylic acids is 1. The number of imide groups is 1. The summed E-state index contributed by atoms with van der Waals surface area (Å²) in [4.78, 5) is 51.3. The fourth-order valence-corrected chi connectivity index (χ4v) is 5.49. The van der Waals surface area contributed by atoms with E-state index in [2.05, 4.69) is 0 Å². The summed E-state index contributed by atoms with van der Waals surface area (Å²) < 4.78 is 5.29. The van der Waals surface area contributed by atoms with Crippen LogP contribution < -0.4 is 15.4 Å². The minimum absolute atomic E-state index is 0.0200. The van der Waals surface area contributed by atoms with E-state index in [9.17, 15) is 24.3 Å². The molecule has 0 aromatic heterocycles. The van der Waals surface area contributed by atoms with Crippen LogP contribution in [0.3, 0.4) is 0 Å². The normalized spacial score (nSPS) is 24.5. The average molecular weight is 438 g/mol. The number of fused-ring (bicyclic) bond motifs is 5. The van der Waals surface area contributed by atoms with Crippen molar-refractivity contribution in [2.45, 2.75) is 11.2 Å². The second-order valence-corrected chi connectivity index (χ2v) is 8.48. The van der Waals surface area contributed by atoms with E-state index in [0.717, 1.165) is 16.7 Å². The zero-order valence-electron chi connectivity index (χ0n) is 15.6. The maximum Gasteiger partial charge on any atom is 0.342 e. The molecule has 156 valence electrons. The lowest BCUT2D eigenvalue weighted by Crippen LogP contribution is -2.39. The van der Waals surface area contributed by atoms with Gasteiger partial charge in [0.2, 0.25) is 11.8 Å². The van der Waals surface area contributed by atoms with Gasteiger partial charge in [0.1, 0.15) is 16.7 Å². The predicted molar refractivity (Wildman–Crippen MR) is 108 cm³/mol. The highest BCUT2D eigenvalue weighted by molar-refractivity contribution is 8.04. The highest BCUT2D eigenvalue weighted by atomic mass is 32.2. The molecule has 3 heterocycles. The molecule has 3 atom stereocenters. The number of benzene rings is 2. The van der Waals surface area contributed by atoms with Crippen LogP contribution in [0.25, 0.3) is 0 Å². The Morgan fingerprint density at radius 1 is 1.06 bits per heavy atom. The molecule has 1 fully saturated rings. The fourth-order valence-electron chi connectivity index (χ4n) is 4.25. The van der Waals surface area contributed by atoms with Gasteiger partial charge in [-0.3, -0.25) is 9.59 Å². The third-order valence-electron chi connectivity index (χ3n) is 5.61. The molecular weight excluding hydrogens is 424 g/mol. The number of rotatable bonds is 2. The average Bonchev–Trinajstić information content (AvgIpc) is 2.97. The minimum atomic E-state index is -1.13. The van der Waals surface area contributed by atoms with Crippen molar-refractivity contribution < 1.29 is 34.1 Å². The van der Waals surface area contributed by atoms with Gasteiger partial charge in [0.25, 0.3) is 0 Å². The number of ether oxygens (including phenoxy) is 1. The Balaban J connectivity index is 1.61. The minimum Gasteiger partial charge on any atom is -0.508 e. The van der Waals surface area contributed by atoms with Gasteiger partial charge in [0.05, 0.1) is 27.8 Å². The van der Waals surface area contributed by atoms with Gasteiger partial charge >= 0.3 is 11.9 Å². The van der Waals surface area contributed by atoms with Crippen molar-refractivity contribution >= 4 is 41.2 Å². The summed E-state index contributed by atoms with van der Waals surface area (Å²) in [6.45, 7) is 0. The molecule has 0 unspecified atom stereocenters. The van der Waals surface area contributed by atoms with Gasteiger partial charge in [-0.15, -0.1) is 0 Å². The van der Waals surface area contributed by atoms with Gasteiger partial charge in [-0.1, -0.05) is 17.8 Å². The van der Waals surface area contributed by atoms with E-state index in [1.54, 1.807) is 6.07 Å². The summed E-state index contributed by atoms with van der Waals surface area (Å²) in [5, 5.41) is 18.1. The molecule has 10 heteroatoms. The SMILES string of the molecule is NC1=C2C(=O)Oc3cc(O)ccc3[C@@H]2[C@H]2C(=O)N(c3ccc(C(=O)O)cc3)C(=O)[C@H]2S1. The largest absolute Gasteiger partial charge is 0.508 e. The molecule has 0 radical (unpaired) electrons. The molecule has 9 nitrogen and oxygen atoms in total.